The maximum Gasteiger partial charge on any atom is 0.0541 e. The van der Waals surface area contributed by atoms with Gasteiger partial charge in [0.05, 0.1) is 16.7 Å². The first kappa shape index (κ1) is 30.2. The lowest BCUT2D eigenvalue weighted by Crippen LogP contribution is -2.06. The van der Waals surface area contributed by atoms with Crippen molar-refractivity contribution in [1.29, 1.82) is 0 Å². The lowest BCUT2D eigenvalue weighted by molar-refractivity contribution is 0.881. The van der Waals surface area contributed by atoms with Crippen LogP contribution in [0.25, 0.3) is 103 Å². The number of hydrogen-bond acceptors (Lipinski definition) is 2. The number of benzene rings is 8. The van der Waals surface area contributed by atoms with E-state index in [1.165, 1.54) is 113 Å². The van der Waals surface area contributed by atoms with E-state index < -0.39 is 0 Å². The minimum Gasteiger partial charge on any atom is -0.309 e. The van der Waals surface area contributed by atoms with Crippen LogP contribution >= 0.6 is 23.1 Å². The van der Waals surface area contributed by atoms with Gasteiger partial charge in [-0.2, -0.15) is 0 Å². The number of rotatable bonds is 3. The molecule has 10 aromatic rings. The minimum absolute atomic E-state index is 0.452. The van der Waals surface area contributed by atoms with Crippen molar-refractivity contribution in [2.45, 2.75) is 16.1 Å². The molecule has 3 aliphatic rings. The molecule has 3 heteroatoms. The zero-order chi connectivity index (χ0) is 35.8. The Morgan fingerprint density at radius 3 is 2.15 bits per heavy atom. The summed E-state index contributed by atoms with van der Waals surface area (Å²) in [5.74, 6) is 0.452. The third-order valence-electron chi connectivity index (χ3n) is 12.3. The molecule has 3 heterocycles. The Balaban J connectivity index is 0.961. The molecule has 0 N–H and O–H groups in total. The predicted octanol–water partition coefficient (Wildman–Crippen LogP) is 15.0. The molecule has 0 saturated carbocycles. The van der Waals surface area contributed by atoms with Crippen molar-refractivity contribution in [3.8, 4) is 50.2 Å². The van der Waals surface area contributed by atoms with Crippen LogP contribution in [-0.2, 0) is 0 Å². The fourth-order valence-electron chi connectivity index (χ4n) is 9.81. The van der Waals surface area contributed by atoms with Crippen molar-refractivity contribution in [3.05, 3.63) is 182 Å². The highest BCUT2D eigenvalue weighted by Crippen LogP contribution is 2.52. The maximum atomic E-state index is 2.50. The SMILES string of the molecule is C1=CC2Sc3ccc(-c4ccc5c(c4)c4ccccc4n5-c4ccc5c6c(cccc46)-c4cc(-c6cccc7c6sc6ccccc67)ccc4-5)cc3C2C=C1. The van der Waals surface area contributed by atoms with Crippen LogP contribution in [0, 0.1) is 0 Å². The average molecular weight is 734 g/mol. The van der Waals surface area contributed by atoms with Crippen LogP contribution in [0.4, 0.5) is 0 Å². The second kappa shape index (κ2) is 11.2. The van der Waals surface area contributed by atoms with Crippen LogP contribution in [0.2, 0.25) is 0 Å². The van der Waals surface area contributed by atoms with Crippen LogP contribution in [-0.4, -0.2) is 9.82 Å². The second-order valence-electron chi connectivity index (χ2n) is 15.1. The van der Waals surface area contributed by atoms with E-state index in [1.54, 1.807) is 0 Å². The minimum atomic E-state index is 0.452. The molecule has 1 aliphatic heterocycles. The lowest BCUT2D eigenvalue weighted by Gasteiger charge is -2.15. The van der Waals surface area contributed by atoms with Crippen molar-refractivity contribution in [2.24, 2.45) is 0 Å². The third-order valence-corrected chi connectivity index (χ3v) is 14.9. The van der Waals surface area contributed by atoms with Crippen molar-refractivity contribution < 1.29 is 0 Å². The van der Waals surface area contributed by atoms with E-state index in [-0.39, 0.29) is 0 Å². The van der Waals surface area contributed by atoms with Gasteiger partial charge in [-0.15, -0.1) is 23.1 Å². The van der Waals surface area contributed by atoms with Gasteiger partial charge in [-0.1, -0.05) is 127 Å². The zero-order valence-corrected chi connectivity index (χ0v) is 31.3. The van der Waals surface area contributed by atoms with Crippen LogP contribution in [0.5, 0.6) is 0 Å². The summed E-state index contributed by atoms with van der Waals surface area (Å²) in [5, 5.41) is 8.38. The number of fused-ring (bicyclic) bond motifs is 12. The van der Waals surface area contributed by atoms with Gasteiger partial charge < -0.3 is 4.57 Å². The molecular weight excluding hydrogens is 703 g/mol. The Labute approximate surface area is 326 Å². The summed E-state index contributed by atoms with van der Waals surface area (Å²) in [5.41, 5.74) is 15.5. The molecule has 0 fully saturated rings. The molecule has 2 unspecified atom stereocenters. The molecule has 2 aromatic heterocycles. The summed E-state index contributed by atoms with van der Waals surface area (Å²) in [6, 6.07) is 57.4. The molecule has 13 rings (SSSR count). The van der Waals surface area contributed by atoms with Gasteiger partial charge in [0.2, 0.25) is 0 Å². The smallest absolute Gasteiger partial charge is 0.0541 e. The number of aromatic nitrogens is 1. The zero-order valence-electron chi connectivity index (χ0n) is 29.7. The van der Waals surface area contributed by atoms with E-state index in [2.05, 4.69) is 181 Å². The van der Waals surface area contributed by atoms with Gasteiger partial charge in [-0.3, -0.25) is 0 Å². The quantitative estimate of drug-likeness (QED) is 0.175. The highest BCUT2D eigenvalue weighted by Gasteiger charge is 2.31. The Kier molecular flexibility index (Phi) is 6.16. The summed E-state index contributed by atoms with van der Waals surface area (Å²) in [6.45, 7) is 0. The van der Waals surface area contributed by atoms with Gasteiger partial charge in [0.25, 0.3) is 0 Å². The third kappa shape index (κ3) is 4.20. The van der Waals surface area contributed by atoms with Crippen LogP contribution in [0.3, 0.4) is 0 Å². The molecule has 1 nitrogen and oxygen atoms in total. The standard InChI is InChI=1S/C52H31NS2/c1-4-16-45-35(9-1)43-27-30(31-21-26-50-44(28-31)37-11-3-5-17-48(37)54-50)20-24-47(43)53(45)46-25-23-39-34-22-19-32(29-42(34)38-13-8-15-41(46)51(38)39)33-12-7-14-40-36-10-2-6-18-49(36)55-52(33)40/h1-29,37,48H. The van der Waals surface area contributed by atoms with Gasteiger partial charge in [0, 0.05) is 52.4 Å². The number of para-hydroxylation sites is 1. The molecular formula is C52H31NS2. The van der Waals surface area contributed by atoms with E-state index in [4.69, 9.17) is 0 Å². The maximum absolute atomic E-state index is 2.50. The second-order valence-corrected chi connectivity index (χ2v) is 17.4. The fraction of sp³-hybridized carbons (Fsp3) is 0.0385. The molecule has 256 valence electrons. The van der Waals surface area contributed by atoms with Crippen molar-refractivity contribution in [1.82, 2.24) is 4.57 Å². The van der Waals surface area contributed by atoms with Gasteiger partial charge in [0.1, 0.15) is 0 Å². The number of hydrogen-bond donors (Lipinski definition) is 0. The number of nitrogens with zero attached hydrogens (tertiary/aromatic N) is 1. The van der Waals surface area contributed by atoms with Gasteiger partial charge >= 0.3 is 0 Å². The molecule has 0 saturated heterocycles. The van der Waals surface area contributed by atoms with E-state index in [0.717, 1.165) is 0 Å². The van der Waals surface area contributed by atoms with Crippen molar-refractivity contribution in [3.63, 3.8) is 0 Å². The molecule has 55 heavy (non-hydrogen) atoms. The molecule has 0 bridgehead atoms. The molecule has 0 spiro atoms. The lowest BCUT2D eigenvalue weighted by atomic mass is 9.90. The van der Waals surface area contributed by atoms with Crippen molar-refractivity contribution >= 4 is 75.8 Å². The summed E-state index contributed by atoms with van der Waals surface area (Å²) in [7, 11) is 0. The molecule has 0 radical (unpaired) electrons. The fourth-order valence-corrected chi connectivity index (χ4v) is 12.4. The predicted molar refractivity (Wildman–Crippen MR) is 237 cm³/mol. The van der Waals surface area contributed by atoms with E-state index in [9.17, 15) is 0 Å². The number of allylic oxidation sites excluding steroid dienone is 3. The Bertz CT molecular complexity index is 3370. The van der Waals surface area contributed by atoms with Crippen LogP contribution in [0.15, 0.2) is 181 Å². The van der Waals surface area contributed by atoms with E-state index in [0.29, 0.717) is 11.2 Å². The molecule has 2 atom stereocenters. The van der Waals surface area contributed by atoms with E-state index in [1.807, 2.05) is 23.1 Å². The first-order chi connectivity index (χ1) is 27.3. The Morgan fingerprint density at radius 1 is 0.455 bits per heavy atom. The largest absolute Gasteiger partial charge is 0.309 e. The van der Waals surface area contributed by atoms with Gasteiger partial charge in [0.15, 0.2) is 0 Å². The summed E-state index contributed by atoms with van der Waals surface area (Å²) < 4.78 is 5.20. The van der Waals surface area contributed by atoms with Crippen LogP contribution < -0.4 is 0 Å². The van der Waals surface area contributed by atoms with Crippen LogP contribution in [0.1, 0.15) is 11.5 Å². The number of thioether (sulfide) groups is 1. The summed E-state index contributed by atoms with van der Waals surface area (Å²) in [4.78, 5) is 1.41. The van der Waals surface area contributed by atoms with Gasteiger partial charge in [-0.25, -0.2) is 0 Å². The summed E-state index contributed by atoms with van der Waals surface area (Å²) >= 11 is 3.89. The first-order valence-electron chi connectivity index (χ1n) is 19.1. The average Bonchev–Trinajstić information content (AvgIpc) is 3.99. The molecule has 0 amide bonds. The van der Waals surface area contributed by atoms with Gasteiger partial charge in [-0.05, 0) is 104 Å². The molecule has 8 aromatic carbocycles. The Morgan fingerprint density at radius 2 is 1.18 bits per heavy atom. The molecule has 2 aliphatic carbocycles. The topological polar surface area (TPSA) is 4.93 Å². The Hall–Kier alpha value is -6.13. The monoisotopic (exact) mass is 733 g/mol. The highest BCUT2D eigenvalue weighted by molar-refractivity contribution is 8.00. The normalized spacial score (nSPS) is 16.5. The first-order valence-corrected chi connectivity index (χ1v) is 20.8. The van der Waals surface area contributed by atoms with Crippen molar-refractivity contribution in [2.75, 3.05) is 0 Å². The highest BCUT2D eigenvalue weighted by atomic mass is 32.2. The number of thiophene rings is 1. The summed E-state index contributed by atoms with van der Waals surface area (Å²) in [6.07, 6.45) is 9.11. The van der Waals surface area contributed by atoms with E-state index >= 15 is 0 Å².